The fourth-order valence-electron chi connectivity index (χ4n) is 3.01. The maximum atomic E-state index is 12.2. The highest BCUT2D eigenvalue weighted by Gasteiger charge is 2.12. The lowest BCUT2D eigenvalue weighted by Gasteiger charge is -2.08. The molecule has 21 heavy (non-hydrogen) atoms. The van der Waals surface area contributed by atoms with Crippen molar-refractivity contribution < 1.29 is 4.42 Å². The SMILES string of the molecule is Cc1cc(C)c2c(c1)ncc1c3ccccc3c(=O)oc12. The molecule has 3 nitrogen and oxygen atoms in total. The predicted molar refractivity (Wildman–Crippen MR) is 84.8 cm³/mol. The summed E-state index contributed by atoms with van der Waals surface area (Å²) in [5, 5.41) is 3.28. The molecule has 0 aliphatic heterocycles. The van der Waals surface area contributed by atoms with Gasteiger partial charge in [0.05, 0.1) is 10.9 Å². The van der Waals surface area contributed by atoms with E-state index in [0.717, 1.165) is 32.8 Å². The standard InChI is InChI=1S/C18H13NO2/c1-10-7-11(2)16-15(8-10)19-9-14-12-5-3-4-6-13(12)18(20)21-17(14)16/h3-9H,1-2H3. The van der Waals surface area contributed by atoms with Gasteiger partial charge in [0.2, 0.25) is 0 Å². The predicted octanol–water partition coefficient (Wildman–Crippen LogP) is 4.11. The normalized spacial score (nSPS) is 11.5. The Kier molecular flexibility index (Phi) is 2.39. The van der Waals surface area contributed by atoms with Crippen molar-refractivity contribution in [1.29, 1.82) is 0 Å². The summed E-state index contributed by atoms with van der Waals surface area (Å²) in [5.41, 5.74) is 3.40. The molecular weight excluding hydrogens is 262 g/mol. The van der Waals surface area contributed by atoms with Crippen LogP contribution in [0.2, 0.25) is 0 Å². The van der Waals surface area contributed by atoms with E-state index in [1.807, 2.05) is 38.1 Å². The molecule has 0 radical (unpaired) electrons. The number of benzene rings is 2. The molecule has 4 aromatic rings. The van der Waals surface area contributed by atoms with Crippen LogP contribution < -0.4 is 5.63 Å². The summed E-state index contributed by atoms with van der Waals surface area (Å²) in [6.45, 7) is 4.06. The number of aromatic nitrogens is 1. The van der Waals surface area contributed by atoms with Crippen LogP contribution >= 0.6 is 0 Å². The van der Waals surface area contributed by atoms with Crippen LogP contribution in [-0.4, -0.2) is 4.98 Å². The number of aryl methyl sites for hydroxylation is 2. The molecule has 0 amide bonds. The van der Waals surface area contributed by atoms with Gasteiger partial charge in [-0.3, -0.25) is 4.98 Å². The van der Waals surface area contributed by atoms with E-state index < -0.39 is 0 Å². The summed E-state index contributed by atoms with van der Waals surface area (Å²) >= 11 is 0. The minimum Gasteiger partial charge on any atom is -0.421 e. The van der Waals surface area contributed by atoms with Gasteiger partial charge in [-0.05, 0) is 37.1 Å². The zero-order valence-electron chi connectivity index (χ0n) is 11.8. The fraction of sp³-hybridized carbons (Fsp3) is 0.111. The number of nitrogens with zero attached hydrogens (tertiary/aromatic N) is 1. The molecule has 0 saturated heterocycles. The Balaban J connectivity index is 2.35. The molecule has 4 rings (SSSR count). The van der Waals surface area contributed by atoms with Crippen LogP contribution in [-0.2, 0) is 0 Å². The molecule has 2 aromatic heterocycles. The van der Waals surface area contributed by atoms with Crippen molar-refractivity contribution in [2.45, 2.75) is 13.8 Å². The van der Waals surface area contributed by atoms with Crippen LogP contribution in [0.4, 0.5) is 0 Å². The molecule has 2 heterocycles. The van der Waals surface area contributed by atoms with Crippen LogP contribution in [0, 0.1) is 13.8 Å². The topological polar surface area (TPSA) is 43.1 Å². The van der Waals surface area contributed by atoms with Crippen molar-refractivity contribution in [3.63, 3.8) is 0 Å². The Morgan fingerprint density at radius 3 is 2.57 bits per heavy atom. The quantitative estimate of drug-likeness (QED) is 0.453. The van der Waals surface area contributed by atoms with Crippen LogP contribution in [0.3, 0.4) is 0 Å². The maximum Gasteiger partial charge on any atom is 0.344 e. The van der Waals surface area contributed by atoms with Crippen molar-refractivity contribution in [3.05, 3.63) is 64.1 Å². The van der Waals surface area contributed by atoms with E-state index in [2.05, 4.69) is 11.1 Å². The summed E-state index contributed by atoms with van der Waals surface area (Å²) in [6.07, 6.45) is 1.79. The van der Waals surface area contributed by atoms with Crippen molar-refractivity contribution in [2.24, 2.45) is 0 Å². The second-order valence-electron chi connectivity index (χ2n) is 5.41. The third-order valence-electron chi connectivity index (χ3n) is 3.90. The number of pyridine rings is 1. The van der Waals surface area contributed by atoms with E-state index in [-0.39, 0.29) is 5.63 Å². The molecule has 0 unspecified atom stereocenters. The van der Waals surface area contributed by atoms with E-state index in [4.69, 9.17) is 4.42 Å². The van der Waals surface area contributed by atoms with E-state index in [0.29, 0.717) is 11.0 Å². The first-order valence-corrected chi connectivity index (χ1v) is 6.86. The van der Waals surface area contributed by atoms with Gasteiger partial charge in [-0.2, -0.15) is 0 Å². The Bertz CT molecular complexity index is 1080. The molecule has 0 spiro atoms. The molecular formula is C18H13NO2. The van der Waals surface area contributed by atoms with Crippen molar-refractivity contribution in [2.75, 3.05) is 0 Å². The van der Waals surface area contributed by atoms with Crippen molar-refractivity contribution in [3.8, 4) is 0 Å². The number of hydrogen-bond acceptors (Lipinski definition) is 3. The van der Waals surface area contributed by atoms with Crippen molar-refractivity contribution in [1.82, 2.24) is 4.98 Å². The lowest BCUT2D eigenvalue weighted by Crippen LogP contribution is -2.00. The van der Waals surface area contributed by atoms with Gasteiger partial charge in [0.25, 0.3) is 0 Å². The third kappa shape index (κ3) is 1.67. The van der Waals surface area contributed by atoms with E-state index in [1.54, 1.807) is 12.3 Å². The van der Waals surface area contributed by atoms with Crippen LogP contribution in [0.25, 0.3) is 32.6 Å². The molecule has 0 aliphatic rings. The molecule has 2 aromatic carbocycles. The van der Waals surface area contributed by atoms with Gasteiger partial charge in [0.1, 0.15) is 5.58 Å². The molecule has 0 atom stereocenters. The molecule has 102 valence electrons. The van der Waals surface area contributed by atoms with Crippen molar-refractivity contribution >= 4 is 32.6 Å². The van der Waals surface area contributed by atoms with Gasteiger partial charge in [0.15, 0.2) is 0 Å². The Hall–Kier alpha value is -2.68. The Labute approximate surface area is 120 Å². The third-order valence-corrected chi connectivity index (χ3v) is 3.90. The van der Waals surface area contributed by atoms with Crippen LogP contribution in [0.15, 0.2) is 51.8 Å². The van der Waals surface area contributed by atoms with Gasteiger partial charge < -0.3 is 4.42 Å². The largest absolute Gasteiger partial charge is 0.421 e. The Morgan fingerprint density at radius 2 is 1.76 bits per heavy atom. The molecule has 0 fully saturated rings. The van der Waals surface area contributed by atoms with Gasteiger partial charge in [-0.25, -0.2) is 4.79 Å². The average Bonchev–Trinajstić information content (AvgIpc) is 2.46. The summed E-state index contributed by atoms with van der Waals surface area (Å²) in [7, 11) is 0. The van der Waals surface area contributed by atoms with E-state index in [1.165, 1.54) is 0 Å². The maximum absolute atomic E-state index is 12.2. The first-order chi connectivity index (χ1) is 10.1. The minimum atomic E-state index is -0.300. The van der Waals surface area contributed by atoms with Crippen LogP contribution in [0.1, 0.15) is 11.1 Å². The Morgan fingerprint density at radius 1 is 1.00 bits per heavy atom. The minimum absolute atomic E-state index is 0.300. The highest BCUT2D eigenvalue weighted by atomic mass is 16.4. The summed E-state index contributed by atoms with van der Waals surface area (Å²) < 4.78 is 5.61. The lowest BCUT2D eigenvalue weighted by atomic mass is 10.0. The number of rotatable bonds is 0. The summed E-state index contributed by atoms with van der Waals surface area (Å²) in [5.74, 6) is 0. The molecule has 0 N–H and O–H groups in total. The molecule has 0 saturated carbocycles. The van der Waals surface area contributed by atoms with Gasteiger partial charge in [-0.1, -0.05) is 24.3 Å². The smallest absolute Gasteiger partial charge is 0.344 e. The highest BCUT2D eigenvalue weighted by Crippen LogP contribution is 2.30. The monoisotopic (exact) mass is 275 g/mol. The van der Waals surface area contributed by atoms with Crippen LogP contribution in [0.5, 0.6) is 0 Å². The highest BCUT2D eigenvalue weighted by molar-refractivity contribution is 6.13. The molecule has 3 heteroatoms. The zero-order valence-corrected chi connectivity index (χ0v) is 11.8. The number of fused-ring (bicyclic) bond motifs is 5. The summed E-state index contributed by atoms with van der Waals surface area (Å²) in [4.78, 5) is 16.8. The van der Waals surface area contributed by atoms with E-state index in [9.17, 15) is 4.79 Å². The second kappa shape index (κ2) is 4.16. The molecule has 0 bridgehead atoms. The fourth-order valence-corrected chi connectivity index (χ4v) is 3.01. The molecule has 0 aliphatic carbocycles. The first-order valence-electron chi connectivity index (χ1n) is 6.86. The number of hydrogen-bond donors (Lipinski definition) is 0. The second-order valence-corrected chi connectivity index (χ2v) is 5.41. The van der Waals surface area contributed by atoms with E-state index >= 15 is 0 Å². The van der Waals surface area contributed by atoms with Gasteiger partial charge in [-0.15, -0.1) is 0 Å². The zero-order chi connectivity index (χ0) is 14.6. The van der Waals surface area contributed by atoms with Gasteiger partial charge in [0, 0.05) is 22.4 Å². The summed E-state index contributed by atoms with van der Waals surface area (Å²) in [6, 6.07) is 11.6. The lowest BCUT2D eigenvalue weighted by molar-refractivity contribution is 0.572. The average molecular weight is 275 g/mol. The first kappa shape index (κ1) is 12.1. The van der Waals surface area contributed by atoms with Gasteiger partial charge >= 0.3 is 5.63 Å².